The van der Waals surface area contributed by atoms with Crippen molar-refractivity contribution in [3.05, 3.63) is 0 Å². The molecule has 3 fully saturated rings. The fourth-order valence-corrected chi connectivity index (χ4v) is 4.32. The number of piperidine rings is 2. The van der Waals surface area contributed by atoms with Gasteiger partial charge in [-0.05, 0) is 65.2 Å². The lowest BCUT2D eigenvalue weighted by Gasteiger charge is -2.42. The fourth-order valence-electron chi connectivity index (χ4n) is 4.32. The average Bonchev–Trinajstić information content (AvgIpc) is 3.02. The molecule has 21 heavy (non-hydrogen) atoms. The van der Waals surface area contributed by atoms with Crippen LogP contribution >= 0.6 is 0 Å². The van der Waals surface area contributed by atoms with E-state index in [1.54, 1.807) is 0 Å². The standard InChI is InChI=1S/C17H31N3O/c1-19-11-8-16(9-12-19)20-10-4-7-15(13-20)18-17(21)14-5-2-3-6-14/h14-16H,2-13H2,1H3,(H,18,21)/t15-/m1/s1. The highest BCUT2D eigenvalue weighted by molar-refractivity contribution is 5.79. The van der Waals surface area contributed by atoms with Crippen LogP contribution in [0.25, 0.3) is 0 Å². The number of rotatable bonds is 3. The highest BCUT2D eigenvalue weighted by Gasteiger charge is 2.30. The van der Waals surface area contributed by atoms with Crippen LogP contribution in [0.2, 0.25) is 0 Å². The van der Waals surface area contributed by atoms with E-state index < -0.39 is 0 Å². The Bertz CT molecular complexity index is 346. The van der Waals surface area contributed by atoms with Crippen LogP contribution in [0.15, 0.2) is 0 Å². The van der Waals surface area contributed by atoms with Crippen LogP contribution in [-0.4, -0.2) is 61.0 Å². The zero-order valence-corrected chi connectivity index (χ0v) is 13.5. The number of carbonyl (C=O) groups excluding carboxylic acids is 1. The van der Waals surface area contributed by atoms with Crippen LogP contribution in [0.5, 0.6) is 0 Å². The number of amides is 1. The van der Waals surface area contributed by atoms with E-state index in [4.69, 9.17) is 0 Å². The minimum Gasteiger partial charge on any atom is -0.352 e. The maximum Gasteiger partial charge on any atom is 0.223 e. The molecule has 4 nitrogen and oxygen atoms in total. The van der Waals surface area contributed by atoms with Crippen LogP contribution in [-0.2, 0) is 4.79 Å². The van der Waals surface area contributed by atoms with Crippen LogP contribution < -0.4 is 5.32 Å². The molecular formula is C17H31N3O. The van der Waals surface area contributed by atoms with E-state index in [0.29, 0.717) is 17.9 Å². The van der Waals surface area contributed by atoms with Crippen molar-refractivity contribution in [1.29, 1.82) is 0 Å². The fraction of sp³-hybridized carbons (Fsp3) is 0.941. The lowest BCUT2D eigenvalue weighted by Crippen LogP contribution is -2.53. The summed E-state index contributed by atoms with van der Waals surface area (Å²) in [6.45, 7) is 4.75. The average molecular weight is 293 g/mol. The Balaban J connectivity index is 1.47. The Morgan fingerprint density at radius 3 is 2.38 bits per heavy atom. The molecule has 0 aromatic heterocycles. The molecule has 1 N–H and O–H groups in total. The van der Waals surface area contributed by atoms with Crippen molar-refractivity contribution in [3.8, 4) is 0 Å². The largest absolute Gasteiger partial charge is 0.352 e. The second kappa shape index (κ2) is 7.10. The lowest BCUT2D eigenvalue weighted by molar-refractivity contribution is -0.126. The van der Waals surface area contributed by atoms with E-state index in [1.807, 2.05) is 0 Å². The third-order valence-electron chi connectivity index (χ3n) is 5.73. The van der Waals surface area contributed by atoms with E-state index in [2.05, 4.69) is 22.2 Å². The monoisotopic (exact) mass is 293 g/mol. The summed E-state index contributed by atoms with van der Waals surface area (Å²) < 4.78 is 0. The number of hydrogen-bond acceptors (Lipinski definition) is 3. The third kappa shape index (κ3) is 3.98. The molecule has 120 valence electrons. The van der Waals surface area contributed by atoms with Gasteiger partial charge in [0.05, 0.1) is 0 Å². The molecule has 2 heterocycles. The molecule has 0 unspecified atom stereocenters. The van der Waals surface area contributed by atoms with Gasteiger partial charge in [0.15, 0.2) is 0 Å². The van der Waals surface area contributed by atoms with Gasteiger partial charge >= 0.3 is 0 Å². The summed E-state index contributed by atoms with van der Waals surface area (Å²) in [5.74, 6) is 0.645. The van der Waals surface area contributed by atoms with E-state index in [-0.39, 0.29) is 0 Å². The van der Waals surface area contributed by atoms with Crippen molar-refractivity contribution in [1.82, 2.24) is 15.1 Å². The van der Waals surface area contributed by atoms with Gasteiger partial charge in [-0.3, -0.25) is 9.69 Å². The molecule has 4 heteroatoms. The van der Waals surface area contributed by atoms with Crippen molar-refractivity contribution in [3.63, 3.8) is 0 Å². The molecule has 0 radical (unpaired) electrons. The second-order valence-corrected chi connectivity index (χ2v) is 7.36. The van der Waals surface area contributed by atoms with Gasteiger partial charge in [-0.25, -0.2) is 0 Å². The first-order chi connectivity index (χ1) is 10.2. The Morgan fingerprint density at radius 2 is 1.67 bits per heavy atom. The molecule has 0 aromatic rings. The Kier molecular flexibility index (Phi) is 5.17. The predicted octanol–water partition coefficient (Wildman–Crippen LogP) is 1.85. The first-order valence-corrected chi connectivity index (χ1v) is 8.95. The molecule has 0 spiro atoms. The number of hydrogen-bond donors (Lipinski definition) is 1. The van der Waals surface area contributed by atoms with Crippen LogP contribution in [0, 0.1) is 5.92 Å². The maximum atomic E-state index is 12.3. The lowest BCUT2D eigenvalue weighted by atomic mass is 9.97. The molecule has 1 atom stereocenters. The van der Waals surface area contributed by atoms with Crippen LogP contribution in [0.3, 0.4) is 0 Å². The maximum absolute atomic E-state index is 12.3. The highest BCUT2D eigenvalue weighted by atomic mass is 16.1. The molecular weight excluding hydrogens is 262 g/mol. The zero-order chi connectivity index (χ0) is 14.7. The van der Waals surface area contributed by atoms with Crippen LogP contribution in [0.4, 0.5) is 0 Å². The van der Waals surface area contributed by atoms with E-state index in [9.17, 15) is 4.79 Å². The smallest absolute Gasteiger partial charge is 0.223 e. The molecule has 0 bridgehead atoms. The molecule has 1 aliphatic carbocycles. The summed E-state index contributed by atoms with van der Waals surface area (Å²) >= 11 is 0. The van der Waals surface area contributed by atoms with Crippen molar-refractivity contribution in [2.24, 2.45) is 5.92 Å². The second-order valence-electron chi connectivity index (χ2n) is 7.36. The van der Waals surface area contributed by atoms with Crippen molar-refractivity contribution < 1.29 is 4.79 Å². The molecule has 2 saturated heterocycles. The molecule has 1 amide bonds. The van der Waals surface area contributed by atoms with Gasteiger partial charge in [-0.1, -0.05) is 12.8 Å². The molecule has 2 aliphatic heterocycles. The number of nitrogens with zero attached hydrogens (tertiary/aromatic N) is 2. The van der Waals surface area contributed by atoms with Crippen LogP contribution in [0.1, 0.15) is 51.4 Å². The Morgan fingerprint density at radius 1 is 0.952 bits per heavy atom. The Labute approximate surface area is 129 Å². The van der Waals surface area contributed by atoms with E-state index in [1.165, 1.54) is 58.2 Å². The van der Waals surface area contributed by atoms with Gasteiger partial charge in [0, 0.05) is 24.5 Å². The normalized spacial score (nSPS) is 30.6. The third-order valence-corrected chi connectivity index (χ3v) is 5.73. The van der Waals surface area contributed by atoms with Gasteiger partial charge < -0.3 is 10.2 Å². The molecule has 3 aliphatic rings. The summed E-state index contributed by atoms with van der Waals surface area (Å²) in [7, 11) is 2.22. The summed E-state index contributed by atoms with van der Waals surface area (Å²) in [4.78, 5) is 17.4. The van der Waals surface area contributed by atoms with Gasteiger partial charge in [0.1, 0.15) is 0 Å². The number of nitrogens with one attached hydrogen (secondary N) is 1. The minimum absolute atomic E-state index is 0.309. The number of carbonyl (C=O) groups is 1. The summed E-state index contributed by atoms with van der Waals surface area (Å²) in [5.41, 5.74) is 0. The quantitative estimate of drug-likeness (QED) is 0.862. The van der Waals surface area contributed by atoms with Crippen molar-refractivity contribution >= 4 is 5.91 Å². The van der Waals surface area contributed by atoms with Gasteiger partial charge in [0.2, 0.25) is 5.91 Å². The summed E-state index contributed by atoms with van der Waals surface area (Å²) in [6.07, 6.45) is 9.69. The van der Waals surface area contributed by atoms with Gasteiger partial charge in [-0.15, -0.1) is 0 Å². The summed E-state index contributed by atoms with van der Waals surface area (Å²) in [6, 6.07) is 1.14. The first-order valence-electron chi connectivity index (χ1n) is 8.95. The Hall–Kier alpha value is -0.610. The van der Waals surface area contributed by atoms with Gasteiger partial charge in [-0.2, -0.15) is 0 Å². The van der Waals surface area contributed by atoms with Crippen molar-refractivity contribution in [2.45, 2.75) is 63.5 Å². The number of likely N-dealkylation sites (tertiary alicyclic amines) is 2. The van der Waals surface area contributed by atoms with E-state index in [0.717, 1.165) is 25.4 Å². The van der Waals surface area contributed by atoms with E-state index >= 15 is 0 Å². The molecule has 3 rings (SSSR count). The summed E-state index contributed by atoms with van der Waals surface area (Å²) in [5, 5.41) is 3.35. The molecule has 1 saturated carbocycles. The topological polar surface area (TPSA) is 35.6 Å². The van der Waals surface area contributed by atoms with Gasteiger partial charge in [0.25, 0.3) is 0 Å². The highest BCUT2D eigenvalue weighted by Crippen LogP contribution is 2.26. The molecule has 0 aromatic carbocycles. The zero-order valence-electron chi connectivity index (χ0n) is 13.5. The first kappa shape index (κ1) is 15.3. The van der Waals surface area contributed by atoms with Crippen molar-refractivity contribution in [2.75, 3.05) is 33.2 Å². The SMILES string of the molecule is CN1CCC(N2CCC[C@@H](NC(=O)C3CCCC3)C2)CC1. The predicted molar refractivity (Wildman–Crippen MR) is 85.2 cm³/mol. The minimum atomic E-state index is 0.309.